The molecule has 0 aliphatic heterocycles. The lowest BCUT2D eigenvalue weighted by atomic mass is 10.2. The van der Waals surface area contributed by atoms with E-state index < -0.39 is 4.92 Å². The number of amides is 1. The van der Waals surface area contributed by atoms with Crippen molar-refractivity contribution in [2.24, 2.45) is 0 Å². The number of nitro benzene ring substituents is 1. The van der Waals surface area contributed by atoms with Crippen molar-refractivity contribution in [3.05, 3.63) is 70.3 Å². The summed E-state index contributed by atoms with van der Waals surface area (Å²) in [5.41, 5.74) is 1.39. The number of rotatable bonds is 7. The highest BCUT2D eigenvalue weighted by Crippen LogP contribution is 2.17. The summed E-state index contributed by atoms with van der Waals surface area (Å²) in [6.07, 6.45) is 0.190. The van der Waals surface area contributed by atoms with Crippen LogP contribution in [-0.4, -0.2) is 17.4 Å². The van der Waals surface area contributed by atoms with Crippen molar-refractivity contribution < 1.29 is 14.5 Å². The Morgan fingerprint density at radius 1 is 1.14 bits per heavy atom. The summed E-state index contributed by atoms with van der Waals surface area (Å²) in [5.74, 6) is -0.242. The standard InChI is InChI=1S/C16H16N2O4/c19-16(9-10-22-12-13-5-2-1-3-6-13)17-14-7-4-8-15(11-14)18(20)21/h1-8,11H,9-10,12H2,(H,17,19). The molecule has 22 heavy (non-hydrogen) atoms. The molecular weight excluding hydrogens is 284 g/mol. The van der Waals surface area contributed by atoms with Crippen LogP contribution >= 0.6 is 0 Å². The van der Waals surface area contributed by atoms with Crippen LogP contribution in [0.25, 0.3) is 0 Å². The maximum Gasteiger partial charge on any atom is 0.271 e. The van der Waals surface area contributed by atoms with Gasteiger partial charge in [-0.25, -0.2) is 0 Å². The lowest BCUT2D eigenvalue weighted by Crippen LogP contribution is -2.14. The molecule has 6 heteroatoms. The van der Waals surface area contributed by atoms with E-state index in [0.717, 1.165) is 5.56 Å². The summed E-state index contributed by atoms with van der Waals surface area (Å²) in [6, 6.07) is 15.5. The quantitative estimate of drug-likeness (QED) is 0.484. The zero-order valence-electron chi connectivity index (χ0n) is 11.9. The Balaban J connectivity index is 1.74. The van der Waals surface area contributed by atoms with Crippen LogP contribution in [0.15, 0.2) is 54.6 Å². The van der Waals surface area contributed by atoms with Gasteiger partial charge in [-0.2, -0.15) is 0 Å². The molecule has 0 heterocycles. The minimum atomic E-state index is -0.501. The minimum Gasteiger partial charge on any atom is -0.376 e. The smallest absolute Gasteiger partial charge is 0.271 e. The van der Waals surface area contributed by atoms with Crippen LogP contribution in [0.5, 0.6) is 0 Å². The number of nitrogens with zero attached hydrogens (tertiary/aromatic N) is 1. The number of benzene rings is 2. The van der Waals surface area contributed by atoms with E-state index in [0.29, 0.717) is 12.3 Å². The summed E-state index contributed by atoms with van der Waals surface area (Å²) >= 11 is 0. The number of non-ortho nitro benzene ring substituents is 1. The van der Waals surface area contributed by atoms with Crippen LogP contribution < -0.4 is 5.32 Å². The number of carbonyl (C=O) groups excluding carboxylic acids is 1. The third kappa shape index (κ3) is 4.99. The van der Waals surface area contributed by atoms with E-state index >= 15 is 0 Å². The zero-order valence-corrected chi connectivity index (χ0v) is 11.9. The van der Waals surface area contributed by atoms with Gasteiger partial charge >= 0.3 is 0 Å². The van der Waals surface area contributed by atoms with Crippen molar-refractivity contribution in [3.63, 3.8) is 0 Å². The molecule has 0 aliphatic rings. The summed E-state index contributed by atoms with van der Waals surface area (Å²) in [7, 11) is 0. The fourth-order valence-electron chi connectivity index (χ4n) is 1.85. The van der Waals surface area contributed by atoms with Crippen LogP contribution in [0.4, 0.5) is 11.4 Å². The number of anilines is 1. The Morgan fingerprint density at radius 2 is 1.91 bits per heavy atom. The van der Waals surface area contributed by atoms with Gasteiger partial charge in [0.1, 0.15) is 0 Å². The fourth-order valence-corrected chi connectivity index (χ4v) is 1.85. The molecule has 2 aromatic carbocycles. The second-order valence-electron chi connectivity index (χ2n) is 4.64. The zero-order chi connectivity index (χ0) is 15.8. The first-order chi connectivity index (χ1) is 10.6. The number of nitro groups is 1. The van der Waals surface area contributed by atoms with Crippen molar-refractivity contribution >= 4 is 17.3 Å². The number of nitrogens with one attached hydrogen (secondary N) is 1. The number of hydrogen-bond acceptors (Lipinski definition) is 4. The topological polar surface area (TPSA) is 81.5 Å². The molecule has 2 rings (SSSR count). The average molecular weight is 300 g/mol. The molecule has 0 radical (unpaired) electrons. The summed E-state index contributed by atoms with van der Waals surface area (Å²) in [5, 5.41) is 13.3. The van der Waals surface area contributed by atoms with Crippen molar-refractivity contribution in [1.82, 2.24) is 0 Å². The molecule has 0 aromatic heterocycles. The molecule has 0 saturated carbocycles. The van der Waals surface area contributed by atoms with Crippen molar-refractivity contribution in [2.45, 2.75) is 13.0 Å². The molecule has 2 aromatic rings. The fraction of sp³-hybridized carbons (Fsp3) is 0.188. The second kappa shape index (κ2) is 7.90. The Kier molecular flexibility index (Phi) is 5.62. The first kappa shape index (κ1) is 15.7. The van der Waals surface area contributed by atoms with Crippen molar-refractivity contribution in [2.75, 3.05) is 11.9 Å². The number of ether oxygens (including phenoxy) is 1. The van der Waals surface area contributed by atoms with Crippen LogP contribution in [0.2, 0.25) is 0 Å². The van der Waals surface area contributed by atoms with E-state index in [1.165, 1.54) is 18.2 Å². The van der Waals surface area contributed by atoms with Gasteiger partial charge in [0.2, 0.25) is 5.91 Å². The lowest BCUT2D eigenvalue weighted by Gasteiger charge is -2.06. The Bertz CT molecular complexity index is 644. The highest BCUT2D eigenvalue weighted by molar-refractivity contribution is 5.91. The van der Waals surface area contributed by atoms with Crippen LogP contribution in [0.3, 0.4) is 0 Å². The normalized spacial score (nSPS) is 10.2. The number of carbonyl (C=O) groups is 1. The van der Waals surface area contributed by atoms with Gasteiger partial charge < -0.3 is 10.1 Å². The Labute approximate surface area is 127 Å². The summed E-state index contributed by atoms with van der Waals surface area (Å²) in [4.78, 5) is 21.9. The average Bonchev–Trinajstić information content (AvgIpc) is 2.53. The number of hydrogen-bond donors (Lipinski definition) is 1. The molecule has 0 saturated heterocycles. The predicted molar refractivity (Wildman–Crippen MR) is 82.4 cm³/mol. The van der Waals surface area contributed by atoms with E-state index in [2.05, 4.69) is 5.32 Å². The minimum absolute atomic E-state index is 0.0573. The first-order valence-corrected chi connectivity index (χ1v) is 6.81. The lowest BCUT2D eigenvalue weighted by molar-refractivity contribution is -0.384. The SMILES string of the molecule is O=C(CCOCc1ccccc1)Nc1cccc([N+](=O)[O-])c1. The van der Waals surface area contributed by atoms with Gasteiger partial charge in [-0.1, -0.05) is 36.4 Å². The molecule has 114 valence electrons. The second-order valence-corrected chi connectivity index (χ2v) is 4.64. The third-order valence-corrected chi connectivity index (χ3v) is 2.93. The highest BCUT2D eigenvalue weighted by Gasteiger charge is 2.08. The maximum atomic E-state index is 11.7. The molecule has 0 atom stereocenters. The molecule has 0 aliphatic carbocycles. The maximum absolute atomic E-state index is 11.7. The van der Waals surface area contributed by atoms with E-state index in [9.17, 15) is 14.9 Å². The molecule has 0 fully saturated rings. The molecule has 6 nitrogen and oxygen atoms in total. The van der Waals surface area contributed by atoms with E-state index in [1.54, 1.807) is 6.07 Å². The summed E-state index contributed by atoms with van der Waals surface area (Å²) < 4.78 is 5.42. The largest absolute Gasteiger partial charge is 0.376 e. The van der Waals surface area contributed by atoms with Crippen LogP contribution in [0, 0.1) is 10.1 Å². The van der Waals surface area contributed by atoms with Gasteiger partial charge in [0.25, 0.3) is 5.69 Å². The molecule has 0 bridgehead atoms. The Hall–Kier alpha value is -2.73. The van der Waals surface area contributed by atoms with Crippen LogP contribution in [0.1, 0.15) is 12.0 Å². The Morgan fingerprint density at radius 3 is 2.64 bits per heavy atom. The van der Waals surface area contributed by atoms with E-state index in [4.69, 9.17) is 4.74 Å². The monoisotopic (exact) mass is 300 g/mol. The van der Waals surface area contributed by atoms with Gasteiger partial charge in [-0.3, -0.25) is 14.9 Å². The third-order valence-electron chi connectivity index (χ3n) is 2.93. The van der Waals surface area contributed by atoms with E-state index in [-0.39, 0.29) is 24.6 Å². The van der Waals surface area contributed by atoms with Gasteiger partial charge in [0.05, 0.1) is 24.6 Å². The van der Waals surface area contributed by atoms with Crippen molar-refractivity contribution in [1.29, 1.82) is 0 Å². The van der Waals surface area contributed by atoms with Gasteiger partial charge in [-0.05, 0) is 11.6 Å². The molecule has 0 unspecified atom stereocenters. The molecule has 0 spiro atoms. The summed E-state index contributed by atoms with van der Waals surface area (Å²) in [6.45, 7) is 0.737. The highest BCUT2D eigenvalue weighted by atomic mass is 16.6. The molecule has 1 amide bonds. The van der Waals surface area contributed by atoms with Crippen molar-refractivity contribution in [3.8, 4) is 0 Å². The molecule has 1 N–H and O–H groups in total. The van der Waals surface area contributed by atoms with Gasteiger partial charge in [-0.15, -0.1) is 0 Å². The predicted octanol–water partition coefficient (Wildman–Crippen LogP) is 3.14. The van der Waals surface area contributed by atoms with Gasteiger partial charge in [0.15, 0.2) is 0 Å². The first-order valence-electron chi connectivity index (χ1n) is 6.81. The van der Waals surface area contributed by atoms with E-state index in [1.807, 2.05) is 30.3 Å². The van der Waals surface area contributed by atoms with Gasteiger partial charge in [0, 0.05) is 17.8 Å². The van der Waals surface area contributed by atoms with Crippen LogP contribution in [-0.2, 0) is 16.1 Å². The molecular formula is C16H16N2O4.